The summed E-state index contributed by atoms with van der Waals surface area (Å²) >= 11 is 0. The number of nitro groups is 1. The largest absolute Gasteiger partial charge is 0.321 e. The Morgan fingerprint density at radius 1 is 1.43 bits per heavy atom. The second-order valence-corrected chi connectivity index (χ2v) is 5.50. The molecule has 1 aromatic rings. The fourth-order valence-corrected chi connectivity index (χ4v) is 2.62. The maximum atomic E-state index is 12.4. The molecule has 7 nitrogen and oxygen atoms in total. The molecule has 7 heteroatoms. The number of amides is 2. The second kappa shape index (κ2) is 4.83. The van der Waals surface area contributed by atoms with Gasteiger partial charge in [-0.2, -0.15) is 0 Å². The van der Waals surface area contributed by atoms with Crippen molar-refractivity contribution in [3.63, 3.8) is 0 Å². The van der Waals surface area contributed by atoms with Crippen LogP contribution in [0.4, 0.5) is 17.1 Å². The van der Waals surface area contributed by atoms with Crippen molar-refractivity contribution in [1.29, 1.82) is 0 Å². The summed E-state index contributed by atoms with van der Waals surface area (Å²) in [7, 11) is 0. The van der Waals surface area contributed by atoms with Crippen LogP contribution in [-0.4, -0.2) is 23.3 Å². The Morgan fingerprint density at radius 2 is 2.05 bits per heavy atom. The van der Waals surface area contributed by atoms with Gasteiger partial charge in [0.1, 0.15) is 5.69 Å². The molecule has 21 heavy (non-hydrogen) atoms. The summed E-state index contributed by atoms with van der Waals surface area (Å²) in [5, 5.41) is 13.7. The molecule has 0 aromatic heterocycles. The van der Waals surface area contributed by atoms with Gasteiger partial charge in [-0.3, -0.25) is 19.7 Å². The summed E-state index contributed by atoms with van der Waals surface area (Å²) < 4.78 is 0. The molecule has 2 amide bonds. The van der Waals surface area contributed by atoms with Gasteiger partial charge >= 0.3 is 0 Å². The number of fused-ring (bicyclic) bond motifs is 1. The van der Waals surface area contributed by atoms with E-state index in [1.807, 2.05) is 6.92 Å². The van der Waals surface area contributed by atoms with E-state index in [-0.39, 0.29) is 17.3 Å². The third-order valence-corrected chi connectivity index (χ3v) is 3.68. The molecule has 0 saturated heterocycles. The Balaban J connectivity index is 2.70. The van der Waals surface area contributed by atoms with Crippen LogP contribution in [0, 0.1) is 10.1 Å². The highest BCUT2D eigenvalue weighted by Crippen LogP contribution is 2.45. The zero-order valence-electron chi connectivity index (χ0n) is 12.4. The molecule has 0 spiro atoms. The first-order chi connectivity index (χ1) is 9.70. The lowest BCUT2D eigenvalue weighted by Gasteiger charge is -2.18. The number of nitrogens with zero attached hydrogens (tertiary/aromatic N) is 2. The van der Waals surface area contributed by atoms with Crippen molar-refractivity contribution in [2.75, 3.05) is 16.8 Å². The number of carbonyl (C=O) groups excluding carboxylic acids is 2. The van der Waals surface area contributed by atoms with Crippen LogP contribution in [-0.2, 0) is 15.0 Å². The Hall–Kier alpha value is -2.44. The Morgan fingerprint density at radius 3 is 2.52 bits per heavy atom. The van der Waals surface area contributed by atoms with E-state index in [0.717, 1.165) is 0 Å². The third-order valence-electron chi connectivity index (χ3n) is 3.68. The van der Waals surface area contributed by atoms with Crippen LogP contribution in [0.25, 0.3) is 0 Å². The van der Waals surface area contributed by atoms with E-state index in [2.05, 4.69) is 5.32 Å². The van der Waals surface area contributed by atoms with Gasteiger partial charge in [0.15, 0.2) is 0 Å². The highest BCUT2D eigenvalue weighted by atomic mass is 16.6. The molecule has 0 saturated carbocycles. The SMILES string of the molecule is CCN1C(=O)C(C)(C)c2cc(NC(C)=O)c([N+](=O)[O-])cc21. The lowest BCUT2D eigenvalue weighted by molar-refractivity contribution is -0.383. The number of anilines is 2. The van der Waals surface area contributed by atoms with E-state index in [0.29, 0.717) is 17.8 Å². The molecular formula is C14H17N3O4. The van der Waals surface area contributed by atoms with Gasteiger partial charge in [0.2, 0.25) is 11.8 Å². The van der Waals surface area contributed by atoms with Gasteiger partial charge in [0, 0.05) is 19.5 Å². The van der Waals surface area contributed by atoms with Crippen molar-refractivity contribution < 1.29 is 14.5 Å². The number of hydrogen-bond acceptors (Lipinski definition) is 4. The molecule has 0 atom stereocenters. The summed E-state index contributed by atoms with van der Waals surface area (Å²) in [6.45, 7) is 7.08. The van der Waals surface area contributed by atoms with Crippen LogP contribution in [0.2, 0.25) is 0 Å². The van der Waals surface area contributed by atoms with E-state index in [9.17, 15) is 19.7 Å². The predicted octanol–water partition coefficient (Wildman–Crippen LogP) is 2.20. The van der Waals surface area contributed by atoms with Crippen LogP contribution in [0.1, 0.15) is 33.3 Å². The molecule has 0 radical (unpaired) electrons. The summed E-state index contributed by atoms with van der Waals surface area (Å²) in [5.74, 6) is -0.498. The number of rotatable bonds is 3. The molecule has 0 unspecified atom stereocenters. The molecular weight excluding hydrogens is 274 g/mol. The first-order valence-corrected chi connectivity index (χ1v) is 6.62. The second-order valence-electron chi connectivity index (χ2n) is 5.50. The minimum atomic E-state index is -0.770. The number of nitrogens with one attached hydrogen (secondary N) is 1. The van der Waals surface area contributed by atoms with Crippen LogP contribution < -0.4 is 10.2 Å². The Labute approximate surface area is 122 Å². The summed E-state index contributed by atoms with van der Waals surface area (Å²) in [6.07, 6.45) is 0. The fourth-order valence-electron chi connectivity index (χ4n) is 2.62. The molecule has 0 aliphatic carbocycles. The average Bonchev–Trinajstić information content (AvgIpc) is 2.56. The Kier molecular flexibility index (Phi) is 3.44. The van der Waals surface area contributed by atoms with Crippen LogP contribution in [0.5, 0.6) is 0 Å². The first kappa shape index (κ1) is 15.0. The van der Waals surface area contributed by atoms with Gasteiger partial charge < -0.3 is 10.2 Å². The number of hydrogen-bond donors (Lipinski definition) is 1. The first-order valence-electron chi connectivity index (χ1n) is 6.62. The van der Waals surface area contributed by atoms with E-state index >= 15 is 0 Å². The molecule has 1 aromatic carbocycles. The average molecular weight is 291 g/mol. The topological polar surface area (TPSA) is 92.6 Å². The fraction of sp³-hybridized carbons (Fsp3) is 0.429. The number of nitro benzene ring substituents is 1. The van der Waals surface area contributed by atoms with Gasteiger partial charge in [-0.1, -0.05) is 0 Å². The van der Waals surface area contributed by atoms with Gasteiger partial charge in [-0.05, 0) is 32.4 Å². The predicted molar refractivity (Wildman–Crippen MR) is 78.5 cm³/mol. The molecule has 1 N–H and O–H groups in total. The quantitative estimate of drug-likeness (QED) is 0.682. The lowest BCUT2D eigenvalue weighted by Crippen LogP contribution is -2.35. The molecule has 1 aliphatic heterocycles. The van der Waals surface area contributed by atoms with Crippen molar-refractivity contribution in [2.45, 2.75) is 33.1 Å². The van der Waals surface area contributed by atoms with E-state index in [1.165, 1.54) is 24.0 Å². The van der Waals surface area contributed by atoms with Crippen LogP contribution in [0.15, 0.2) is 12.1 Å². The van der Waals surface area contributed by atoms with Crippen LogP contribution >= 0.6 is 0 Å². The Bertz CT molecular complexity index is 652. The molecule has 0 bridgehead atoms. The van der Waals surface area contributed by atoms with Gasteiger partial charge in [-0.25, -0.2) is 0 Å². The number of benzene rings is 1. The zero-order chi connectivity index (χ0) is 15.9. The van der Waals surface area contributed by atoms with E-state index < -0.39 is 16.2 Å². The zero-order valence-corrected chi connectivity index (χ0v) is 12.4. The number of likely N-dealkylation sites (N-methyl/N-ethyl adjacent to an activating group) is 1. The highest BCUT2D eigenvalue weighted by molar-refractivity contribution is 6.09. The van der Waals surface area contributed by atoms with Crippen molar-refractivity contribution in [2.24, 2.45) is 0 Å². The van der Waals surface area contributed by atoms with Crippen molar-refractivity contribution in [3.8, 4) is 0 Å². The van der Waals surface area contributed by atoms with Gasteiger partial charge in [0.05, 0.1) is 16.0 Å². The van der Waals surface area contributed by atoms with Crippen molar-refractivity contribution >= 4 is 28.9 Å². The number of carbonyl (C=O) groups is 2. The van der Waals surface area contributed by atoms with Gasteiger partial charge in [-0.15, -0.1) is 0 Å². The van der Waals surface area contributed by atoms with E-state index in [4.69, 9.17) is 0 Å². The summed E-state index contributed by atoms with van der Waals surface area (Å²) in [6, 6.07) is 2.89. The highest BCUT2D eigenvalue weighted by Gasteiger charge is 2.44. The third kappa shape index (κ3) is 2.24. The molecule has 0 fully saturated rings. The maximum Gasteiger partial charge on any atom is 0.294 e. The lowest BCUT2D eigenvalue weighted by atomic mass is 9.86. The minimum Gasteiger partial charge on any atom is -0.321 e. The van der Waals surface area contributed by atoms with Crippen molar-refractivity contribution in [3.05, 3.63) is 27.8 Å². The molecule has 112 valence electrons. The monoisotopic (exact) mass is 291 g/mol. The summed E-state index contributed by atoms with van der Waals surface area (Å²) in [4.78, 5) is 35.8. The van der Waals surface area contributed by atoms with Crippen molar-refractivity contribution in [1.82, 2.24) is 0 Å². The standard InChI is InChI=1S/C14H17N3O4/c1-5-16-11-7-12(17(20)21)10(15-8(2)18)6-9(11)14(3,4)13(16)19/h6-7H,5H2,1-4H3,(H,15,18). The summed E-state index contributed by atoms with van der Waals surface area (Å²) in [5.41, 5.74) is 0.350. The molecule has 1 heterocycles. The van der Waals surface area contributed by atoms with E-state index in [1.54, 1.807) is 13.8 Å². The van der Waals surface area contributed by atoms with Gasteiger partial charge in [0.25, 0.3) is 5.69 Å². The van der Waals surface area contributed by atoms with Crippen LogP contribution in [0.3, 0.4) is 0 Å². The maximum absolute atomic E-state index is 12.4. The minimum absolute atomic E-state index is 0.103. The normalized spacial score (nSPS) is 15.8. The smallest absolute Gasteiger partial charge is 0.294 e. The molecule has 2 rings (SSSR count). The molecule has 1 aliphatic rings.